The number of fused-ring (bicyclic) bond motifs is 2. The highest BCUT2D eigenvalue weighted by Gasteiger charge is 2.32. The quantitative estimate of drug-likeness (QED) is 0.902. The number of halogens is 1. The van der Waals surface area contributed by atoms with Gasteiger partial charge in [-0.15, -0.1) is 0 Å². The van der Waals surface area contributed by atoms with E-state index in [1.165, 1.54) is 24.1 Å². The highest BCUT2D eigenvalue weighted by atomic mass is 79.9. The van der Waals surface area contributed by atoms with Crippen molar-refractivity contribution in [2.24, 2.45) is 0 Å². The first-order valence-corrected chi connectivity index (χ1v) is 9.04. The maximum atomic E-state index is 5.97. The summed E-state index contributed by atoms with van der Waals surface area (Å²) in [5.41, 5.74) is 1.04. The predicted octanol–water partition coefficient (Wildman–Crippen LogP) is 3.33. The van der Waals surface area contributed by atoms with Gasteiger partial charge in [-0.1, -0.05) is 27.3 Å². The minimum absolute atomic E-state index is 0.276. The second-order valence-electron chi connectivity index (χ2n) is 5.76. The molecule has 1 aromatic carbocycles. The van der Waals surface area contributed by atoms with Crippen LogP contribution in [0.2, 0.25) is 0 Å². The Labute approximate surface area is 136 Å². The summed E-state index contributed by atoms with van der Waals surface area (Å²) in [7, 11) is 0. The second-order valence-corrected chi connectivity index (χ2v) is 7.70. The lowest BCUT2D eigenvalue weighted by Gasteiger charge is -2.35. The molecule has 2 saturated heterocycles. The molecule has 2 atom stereocenters. The monoisotopic (exact) mass is 367 g/mol. The van der Waals surface area contributed by atoms with Crippen molar-refractivity contribution in [2.75, 3.05) is 31.6 Å². The van der Waals surface area contributed by atoms with Gasteiger partial charge < -0.3 is 10.1 Å². The molecule has 2 aromatic rings. The Morgan fingerprint density at radius 2 is 2.43 bits per heavy atom. The number of rotatable bonds is 3. The lowest BCUT2D eigenvalue weighted by molar-refractivity contribution is -0.0415. The van der Waals surface area contributed by atoms with Crippen LogP contribution in [0.1, 0.15) is 12.8 Å². The van der Waals surface area contributed by atoms with E-state index in [4.69, 9.17) is 4.74 Å². The zero-order valence-electron chi connectivity index (χ0n) is 11.7. The molecule has 4 rings (SSSR count). The molecule has 0 radical (unpaired) electrons. The van der Waals surface area contributed by atoms with Crippen LogP contribution in [0, 0.1) is 0 Å². The standard InChI is InChI=1S/C15H18BrN3OS/c16-10-3-4-14-13(6-10)18-15(21-14)17-7-12-8-19-5-1-2-11(19)9-20-12/h3-4,6,11-12H,1-2,5,7-9H2,(H,17,18). The molecule has 2 fully saturated rings. The number of hydrogen-bond acceptors (Lipinski definition) is 5. The largest absolute Gasteiger partial charge is 0.373 e. The first kappa shape index (κ1) is 13.9. The van der Waals surface area contributed by atoms with Gasteiger partial charge in [0, 0.05) is 23.6 Å². The van der Waals surface area contributed by atoms with Gasteiger partial charge in [0.2, 0.25) is 0 Å². The fourth-order valence-corrected chi connectivity index (χ4v) is 4.39. The summed E-state index contributed by atoms with van der Waals surface area (Å²) in [6.07, 6.45) is 2.89. The number of anilines is 1. The van der Waals surface area contributed by atoms with Crippen molar-refractivity contribution in [1.82, 2.24) is 9.88 Å². The molecule has 1 aromatic heterocycles. The molecule has 0 aliphatic carbocycles. The number of nitrogens with zero attached hydrogens (tertiary/aromatic N) is 2. The Kier molecular flexibility index (Phi) is 3.87. The molecule has 0 bridgehead atoms. The number of thiazole rings is 1. The van der Waals surface area contributed by atoms with Gasteiger partial charge in [-0.2, -0.15) is 0 Å². The summed E-state index contributed by atoms with van der Waals surface area (Å²) in [6, 6.07) is 6.89. The van der Waals surface area contributed by atoms with Gasteiger partial charge in [0.25, 0.3) is 0 Å². The minimum atomic E-state index is 0.276. The van der Waals surface area contributed by atoms with Crippen molar-refractivity contribution in [3.05, 3.63) is 22.7 Å². The second kappa shape index (κ2) is 5.83. The van der Waals surface area contributed by atoms with Crippen LogP contribution >= 0.6 is 27.3 Å². The van der Waals surface area contributed by atoms with Crippen LogP contribution in [-0.2, 0) is 4.74 Å². The van der Waals surface area contributed by atoms with E-state index in [1.54, 1.807) is 11.3 Å². The van der Waals surface area contributed by atoms with Crippen LogP contribution in [-0.4, -0.2) is 48.3 Å². The topological polar surface area (TPSA) is 37.4 Å². The molecule has 3 heterocycles. The summed E-state index contributed by atoms with van der Waals surface area (Å²) < 4.78 is 8.26. The van der Waals surface area contributed by atoms with E-state index < -0.39 is 0 Å². The molecular formula is C15H18BrN3OS. The molecule has 0 saturated carbocycles. The van der Waals surface area contributed by atoms with Crippen LogP contribution in [0.15, 0.2) is 22.7 Å². The molecule has 2 aliphatic heterocycles. The zero-order valence-corrected chi connectivity index (χ0v) is 14.1. The average Bonchev–Trinajstić information content (AvgIpc) is 3.09. The summed E-state index contributed by atoms with van der Waals surface area (Å²) in [4.78, 5) is 7.21. The number of morpholine rings is 1. The first-order chi connectivity index (χ1) is 10.3. The van der Waals surface area contributed by atoms with Crippen LogP contribution in [0.5, 0.6) is 0 Å². The molecule has 1 N–H and O–H groups in total. The summed E-state index contributed by atoms with van der Waals surface area (Å²) in [5, 5.41) is 4.43. The Morgan fingerprint density at radius 1 is 1.48 bits per heavy atom. The van der Waals surface area contributed by atoms with E-state index in [2.05, 4.69) is 49.3 Å². The molecule has 0 spiro atoms. The number of nitrogens with one attached hydrogen (secondary N) is 1. The number of aromatic nitrogens is 1. The minimum Gasteiger partial charge on any atom is -0.373 e. The van der Waals surface area contributed by atoms with Gasteiger partial charge in [-0.3, -0.25) is 4.90 Å². The zero-order chi connectivity index (χ0) is 14.2. The lowest BCUT2D eigenvalue weighted by atomic mass is 10.2. The SMILES string of the molecule is Brc1ccc2sc(NCC3CN4CCCC4CO3)nc2c1. The van der Waals surface area contributed by atoms with E-state index in [9.17, 15) is 0 Å². The Balaban J connectivity index is 1.39. The summed E-state index contributed by atoms with van der Waals surface area (Å²) in [5.74, 6) is 0. The maximum Gasteiger partial charge on any atom is 0.183 e. The van der Waals surface area contributed by atoms with Crippen LogP contribution in [0.4, 0.5) is 5.13 Å². The number of ether oxygens (including phenoxy) is 1. The van der Waals surface area contributed by atoms with E-state index >= 15 is 0 Å². The number of hydrogen-bond donors (Lipinski definition) is 1. The summed E-state index contributed by atoms with van der Waals surface area (Å²) in [6.45, 7) is 4.01. The summed E-state index contributed by atoms with van der Waals surface area (Å²) >= 11 is 5.19. The van der Waals surface area contributed by atoms with Crippen LogP contribution in [0.25, 0.3) is 10.2 Å². The van der Waals surface area contributed by atoms with Crippen molar-refractivity contribution >= 4 is 42.6 Å². The maximum absolute atomic E-state index is 5.97. The Bertz CT molecular complexity index is 647. The Morgan fingerprint density at radius 3 is 3.38 bits per heavy atom. The molecule has 4 nitrogen and oxygen atoms in total. The molecule has 112 valence electrons. The highest BCUT2D eigenvalue weighted by Crippen LogP contribution is 2.28. The van der Waals surface area contributed by atoms with Crippen LogP contribution in [0.3, 0.4) is 0 Å². The van der Waals surface area contributed by atoms with Gasteiger partial charge >= 0.3 is 0 Å². The third-order valence-electron chi connectivity index (χ3n) is 4.29. The molecule has 2 aliphatic rings. The van der Waals surface area contributed by atoms with Gasteiger partial charge in [-0.05, 0) is 37.6 Å². The molecule has 21 heavy (non-hydrogen) atoms. The lowest BCUT2D eigenvalue weighted by Crippen LogP contribution is -2.48. The normalized spacial score (nSPS) is 26.1. The highest BCUT2D eigenvalue weighted by molar-refractivity contribution is 9.10. The van der Waals surface area contributed by atoms with Crippen molar-refractivity contribution in [2.45, 2.75) is 25.0 Å². The first-order valence-electron chi connectivity index (χ1n) is 7.43. The van der Waals surface area contributed by atoms with Crippen molar-refractivity contribution in [3.8, 4) is 0 Å². The van der Waals surface area contributed by atoms with Crippen molar-refractivity contribution in [1.29, 1.82) is 0 Å². The molecule has 2 unspecified atom stereocenters. The Hall–Kier alpha value is -0.690. The van der Waals surface area contributed by atoms with E-state index in [0.717, 1.165) is 34.8 Å². The predicted molar refractivity (Wildman–Crippen MR) is 90.1 cm³/mol. The van der Waals surface area contributed by atoms with E-state index in [-0.39, 0.29) is 6.10 Å². The van der Waals surface area contributed by atoms with Gasteiger partial charge in [0.05, 0.1) is 22.9 Å². The van der Waals surface area contributed by atoms with Gasteiger partial charge in [0.1, 0.15) is 0 Å². The third kappa shape index (κ3) is 2.95. The van der Waals surface area contributed by atoms with E-state index in [0.29, 0.717) is 6.04 Å². The fourth-order valence-electron chi connectivity index (χ4n) is 3.19. The van der Waals surface area contributed by atoms with Crippen LogP contribution < -0.4 is 5.32 Å². The van der Waals surface area contributed by atoms with Crippen molar-refractivity contribution < 1.29 is 4.74 Å². The van der Waals surface area contributed by atoms with E-state index in [1.807, 2.05) is 0 Å². The fraction of sp³-hybridized carbons (Fsp3) is 0.533. The van der Waals surface area contributed by atoms with Crippen molar-refractivity contribution in [3.63, 3.8) is 0 Å². The molecule has 0 amide bonds. The molecule has 6 heteroatoms. The van der Waals surface area contributed by atoms with Gasteiger partial charge in [0.15, 0.2) is 5.13 Å². The smallest absolute Gasteiger partial charge is 0.183 e. The van der Waals surface area contributed by atoms with Gasteiger partial charge in [-0.25, -0.2) is 4.98 Å². The average molecular weight is 368 g/mol. The third-order valence-corrected chi connectivity index (χ3v) is 5.78. The number of benzene rings is 1. The molecular weight excluding hydrogens is 350 g/mol.